The van der Waals surface area contributed by atoms with Gasteiger partial charge in [0.25, 0.3) is 0 Å². The third-order valence-corrected chi connectivity index (χ3v) is 4.56. The molecule has 0 amide bonds. The molecule has 21 heavy (non-hydrogen) atoms. The molecule has 1 fully saturated rings. The quantitative estimate of drug-likeness (QED) is 0.306. The number of aryl methyl sites for hydroxylation is 2. The van der Waals surface area contributed by atoms with E-state index in [1.54, 1.807) is 11.3 Å². The molecule has 0 radical (unpaired) electrons. The van der Waals surface area contributed by atoms with E-state index in [-0.39, 0.29) is 24.0 Å². The maximum atomic E-state index is 4.66. The first kappa shape index (κ1) is 18.7. The van der Waals surface area contributed by atoms with Gasteiger partial charge in [-0.05, 0) is 39.5 Å². The van der Waals surface area contributed by atoms with E-state index >= 15 is 0 Å². The number of nitrogens with one attached hydrogen (secondary N) is 2. The summed E-state index contributed by atoms with van der Waals surface area (Å²) < 4.78 is 0. The molecule has 0 bridgehead atoms. The molecule has 1 aliphatic carbocycles. The predicted molar refractivity (Wildman–Crippen MR) is 102 cm³/mol. The number of rotatable bonds is 7. The van der Waals surface area contributed by atoms with Crippen LogP contribution in [0.2, 0.25) is 0 Å². The van der Waals surface area contributed by atoms with E-state index in [0.717, 1.165) is 42.2 Å². The summed E-state index contributed by atoms with van der Waals surface area (Å²) in [7, 11) is 0. The van der Waals surface area contributed by atoms with Gasteiger partial charge in [0.2, 0.25) is 0 Å². The SMILES string of the molecule is CCNC(=NCc1sc(C)nc1C)NCCCC1CC1.I. The van der Waals surface area contributed by atoms with Crippen molar-refractivity contribution < 1.29 is 0 Å². The molecule has 0 unspecified atom stereocenters. The maximum absolute atomic E-state index is 4.66. The lowest BCUT2D eigenvalue weighted by Gasteiger charge is -2.10. The second-order valence-electron chi connectivity index (χ2n) is 5.45. The molecule has 1 heterocycles. The van der Waals surface area contributed by atoms with Gasteiger partial charge in [0.15, 0.2) is 5.96 Å². The van der Waals surface area contributed by atoms with Crippen LogP contribution in [0.5, 0.6) is 0 Å². The summed E-state index contributed by atoms with van der Waals surface area (Å²) in [6.45, 7) is 8.84. The molecule has 0 atom stereocenters. The van der Waals surface area contributed by atoms with Crippen LogP contribution in [0.25, 0.3) is 0 Å². The number of thiazole rings is 1. The summed E-state index contributed by atoms with van der Waals surface area (Å²) in [6.07, 6.45) is 5.49. The molecule has 6 heteroatoms. The van der Waals surface area contributed by atoms with Crippen LogP contribution in [0.1, 0.15) is 48.2 Å². The van der Waals surface area contributed by atoms with Crippen LogP contribution in [-0.2, 0) is 6.54 Å². The van der Waals surface area contributed by atoms with Gasteiger partial charge in [-0.3, -0.25) is 0 Å². The number of guanidine groups is 1. The molecule has 1 aliphatic rings. The van der Waals surface area contributed by atoms with Gasteiger partial charge in [-0.2, -0.15) is 0 Å². The van der Waals surface area contributed by atoms with Crippen LogP contribution in [0, 0.1) is 19.8 Å². The Morgan fingerprint density at radius 1 is 1.33 bits per heavy atom. The summed E-state index contributed by atoms with van der Waals surface area (Å²) in [6, 6.07) is 0. The number of hydrogen-bond acceptors (Lipinski definition) is 3. The van der Waals surface area contributed by atoms with Crippen LogP contribution in [0.4, 0.5) is 0 Å². The minimum Gasteiger partial charge on any atom is -0.357 e. The van der Waals surface area contributed by atoms with E-state index in [9.17, 15) is 0 Å². The molecule has 120 valence electrons. The van der Waals surface area contributed by atoms with Crippen molar-refractivity contribution in [1.29, 1.82) is 0 Å². The van der Waals surface area contributed by atoms with Crippen molar-refractivity contribution in [1.82, 2.24) is 15.6 Å². The number of hydrogen-bond donors (Lipinski definition) is 2. The Bertz CT molecular complexity index is 455. The zero-order valence-electron chi connectivity index (χ0n) is 13.2. The molecule has 2 rings (SSSR count). The minimum absolute atomic E-state index is 0. The average Bonchev–Trinajstić information content (AvgIpc) is 3.17. The Hall–Kier alpha value is -0.370. The van der Waals surface area contributed by atoms with E-state index in [2.05, 4.69) is 34.5 Å². The van der Waals surface area contributed by atoms with Gasteiger partial charge in [-0.15, -0.1) is 35.3 Å². The van der Waals surface area contributed by atoms with Crippen molar-refractivity contribution in [3.05, 3.63) is 15.6 Å². The molecule has 1 aromatic heterocycles. The van der Waals surface area contributed by atoms with Crippen LogP contribution in [-0.4, -0.2) is 24.0 Å². The highest BCUT2D eigenvalue weighted by Gasteiger charge is 2.19. The van der Waals surface area contributed by atoms with Crippen LogP contribution in [0.15, 0.2) is 4.99 Å². The highest BCUT2D eigenvalue weighted by molar-refractivity contribution is 14.0. The molecule has 1 aromatic rings. The van der Waals surface area contributed by atoms with Gasteiger partial charge in [0.1, 0.15) is 0 Å². The van der Waals surface area contributed by atoms with E-state index in [4.69, 9.17) is 0 Å². The topological polar surface area (TPSA) is 49.3 Å². The highest BCUT2D eigenvalue weighted by Crippen LogP contribution is 2.33. The van der Waals surface area contributed by atoms with Crippen LogP contribution >= 0.6 is 35.3 Å². The molecule has 2 N–H and O–H groups in total. The Morgan fingerprint density at radius 3 is 2.67 bits per heavy atom. The average molecular weight is 422 g/mol. The summed E-state index contributed by atoms with van der Waals surface area (Å²) in [5.41, 5.74) is 1.11. The first-order valence-corrected chi connectivity index (χ1v) is 8.45. The summed E-state index contributed by atoms with van der Waals surface area (Å²) in [5.74, 6) is 1.94. The fourth-order valence-corrected chi connectivity index (χ4v) is 3.08. The van der Waals surface area contributed by atoms with Crippen LogP contribution < -0.4 is 10.6 Å². The molecule has 4 nitrogen and oxygen atoms in total. The van der Waals surface area contributed by atoms with Crippen molar-refractivity contribution in [3.8, 4) is 0 Å². The lowest BCUT2D eigenvalue weighted by atomic mass is 10.2. The predicted octanol–water partition coefficient (Wildman–Crippen LogP) is 3.62. The largest absolute Gasteiger partial charge is 0.357 e. The Morgan fingerprint density at radius 2 is 2.10 bits per heavy atom. The van der Waals surface area contributed by atoms with Crippen molar-refractivity contribution in [2.75, 3.05) is 13.1 Å². The first-order valence-electron chi connectivity index (χ1n) is 7.64. The van der Waals surface area contributed by atoms with Crippen molar-refractivity contribution in [2.45, 2.75) is 53.0 Å². The lowest BCUT2D eigenvalue weighted by molar-refractivity contribution is 0.645. The lowest BCUT2D eigenvalue weighted by Crippen LogP contribution is -2.37. The van der Waals surface area contributed by atoms with Gasteiger partial charge in [0.05, 0.1) is 17.2 Å². The third-order valence-electron chi connectivity index (χ3n) is 3.50. The fourth-order valence-electron chi connectivity index (χ4n) is 2.22. The van der Waals surface area contributed by atoms with Gasteiger partial charge < -0.3 is 10.6 Å². The standard InChI is InChI=1S/C15H26N4S.HI/c1-4-16-15(17-9-5-6-13-7-8-13)18-10-14-11(2)19-12(3)20-14;/h13H,4-10H2,1-3H3,(H2,16,17,18);1H. The Kier molecular flexibility index (Phi) is 8.55. The molecular formula is C15H27IN4S. The molecule has 0 spiro atoms. The number of nitrogens with zero attached hydrogens (tertiary/aromatic N) is 2. The van der Waals surface area contributed by atoms with Crippen molar-refractivity contribution in [3.63, 3.8) is 0 Å². The monoisotopic (exact) mass is 422 g/mol. The zero-order valence-corrected chi connectivity index (χ0v) is 16.4. The highest BCUT2D eigenvalue weighted by atomic mass is 127. The maximum Gasteiger partial charge on any atom is 0.191 e. The zero-order chi connectivity index (χ0) is 14.4. The molecule has 1 saturated carbocycles. The van der Waals surface area contributed by atoms with E-state index < -0.39 is 0 Å². The third kappa shape index (κ3) is 6.95. The second kappa shape index (κ2) is 9.61. The summed E-state index contributed by atoms with van der Waals surface area (Å²) in [4.78, 5) is 10.4. The van der Waals surface area contributed by atoms with Crippen LogP contribution in [0.3, 0.4) is 0 Å². The van der Waals surface area contributed by atoms with Gasteiger partial charge in [0, 0.05) is 18.0 Å². The smallest absolute Gasteiger partial charge is 0.191 e. The Labute approximate surface area is 149 Å². The number of halogens is 1. The minimum atomic E-state index is 0. The molecule has 0 aromatic carbocycles. The van der Waals surface area contributed by atoms with E-state index in [0.29, 0.717) is 0 Å². The summed E-state index contributed by atoms with van der Waals surface area (Å²) in [5, 5.41) is 7.85. The van der Waals surface area contributed by atoms with E-state index in [1.807, 2.05) is 6.92 Å². The van der Waals surface area contributed by atoms with Crippen molar-refractivity contribution in [2.24, 2.45) is 10.9 Å². The number of aromatic nitrogens is 1. The van der Waals surface area contributed by atoms with Gasteiger partial charge >= 0.3 is 0 Å². The van der Waals surface area contributed by atoms with E-state index in [1.165, 1.54) is 30.6 Å². The molecule has 0 saturated heterocycles. The molecule has 0 aliphatic heterocycles. The van der Waals surface area contributed by atoms with Crippen molar-refractivity contribution >= 4 is 41.3 Å². The first-order chi connectivity index (χ1) is 9.69. The second-order valence-corrected chi connectivity index (χ2v) is 6.74. The number of aliphatic imine (C=N–C) groups is 1. The summed E-state index contributed by atoms with van der Waals surface area (Å²) >= 11 is 1.74. The normalized spacial score (nSPS) is 14.7. The van der Waals surface area contributed by atoms with Gasteiger partial charge in [-0.25, -0.2) is 9.98 Å². The van der Waals surface area contributed by atoms with Gasteiger partial charge in [-0.1, -0.05) is 12.8 Å². The molecular weight excluding hydrogens is 395 g/mol. The fraction of sp³-hybridized carbons (Fsp3) is 0.733. The Balaban J connectivity index is 0.00000220.